The lowest BCUT2D eigenvalue weighted by atomic mass is 10.1. The zero-order valence-corrected chi connectivity index (χ0v) is 16.3. The first-order chi connectivity index (χ1) is 11.8. The Bertz CT molecular complexity index is 336. The number of unbranched alkanes of at least 4 members (excludes halogenated alkanes) is 10. The molecule has 0 aromatic carbocycles. The van der Waals surface area contributed by atoms with Gasteiger partial charge < -0.3 is 5.73 Å². The van der Waals surface area contributed by atoms with Gasteiger partial charge >= 0.3 is 0 Å². The number of hydrogen-bond acceptors (Lipinski definition) is 3. The van der Waals surface area contributed by atoms with Crippen LogP contribution < -0.4 is 5.73 Å². The molecule has 0 fully saturated rings. The summed E-state index contributed by atoms with van der Waals surface area (Å²) >= 11 is 0. The Morgan fingerprint density at radius 2 is 1.58 bits per heavy atom. The normalized spacial score (nSPS) is 19.5. The number of nitrogens with zero attached hydrogens (tertiary/aromatic N) is 2. The van der Waals surface area contributed by atoms with Crippen LogP contribution in [0.2, 0.25) is 0 Å². The Morgan fingerprint density at radius 3 is 2.21 bits per heavy atom. The molecule has 1 aliphatic rings. The predicted octanol–water partition coefficient (Wildman–Crippen LogP) is 5.65. The second kappa shape index (κ2) is 14.7. The van der Waals surface area contributed by atoms with Crippen LogP contribution in [0, 0.1) is 0 Å². The molecule has 0 saturated carbocycles. The van der Waals surface area contributed by atoms with Gasteiger partial charge in [-0.25, -0.2) is 0 Å². The average Bonchev–Trinajstić information content (AvgIpc) is 3.04. The van der Waals surface area contributed by atoms with Crippen molar-refractivity contribution in [2.45, 2.75) is 110 Å². The topological polar surface area (TPSA) is 41.6 Å². The number of rotatable bonds is 15. The van der Waals surface area contributed by atoms with Crippen molar-refractivity contribution in [1.29, 1.82) is 0 Å². The van der Waals surface area contributed by atoms with Crippen LogP contribution in [-0.2, 0) is 0 Å². The van der Waals surface area contributed by atoms with Crippen molar-refractivity contribution in [2.75, 3.05) is 6.54 Å². The Balaban J connectivity index is 1.86. The van der Waals surface area contributed by atoms with E-state index < -0.39 is 0 Å². The zero-order chi connectivity index (χ0) is 17.5. The van der Waals surface area contributed by atoms with Gasteiger partial charge in [-0.05, 0) is 45.4 Å². The Hall–Kier alpha value is -0.670. The maximum Gasteiger partial charge on any atom is 0.103 e. The number of hydrogen-bond donors (Lipinski definition) is 1. The van der Waals surface area contributed by atoms with Crippen molar-refractivity contribution in [1.82, 2.24) is 4.90 Å². The van der Waals surface area contributed by atoms with E-state index in [2.05, 4.69) is 35.9 Å². The molecule has 2 N–H and O–H groups in total. The van der Waals surface area contributed by atoms with Crippen molar-refractivity contribution in [3.05, 3.63) is 12.2 Å². The van der Waals surface area contributed by atoms with Gasteiger partial charge in [0.15, 0.2) is 0 Å². The Labute approximate surface area is 150 Å². The molecule has 1 heterocycles. The SMILES string of the molecule is CCCCCCCCCC/C=C/CCCCC1N=CCN1C(C)N. The van der Waals surface area contributed by atoms with Crippen LogP contribution in [0.25, 0.3) is 0 Å². The van der Waals surface area contributed by atoms with Crippen LogP contribution in [0.3, 0.4) is 0 Å². The van der Waals surface area contributed by atoms with E-state index in [0.717, 1.165) is 13.0 Å². The molecule has 1 aliphatic heterocycles. The highest BCUT2D eigenvalue weighted by Gasteiger charge is 2.22. The molecule has 0 aromatic rings. The van der Waals surface area contributed by atoms with Gasteiger partial charge in [0, 0.05) is 12.8 Å². The average molecular weight is 336 g/mol. The maximum absolute atomic E-state index is 5.97. The molecule has 0 aromatic heterocycles. The van der Waals surface area contributed by atoms with Crippen molar-refractivity contribution >= 4 is 6.21 Å². The molecule has 2 unspecified atom stereocenters. The van der Waals surface area contributed by atoms with Gasteiger partial charge in [-0.3, -0.25) is 9.89 Å². The molecule has 0 saturated heterocycles. The minimum absolute atomic E-state index is 0.115. The van der Waals surface area contributed by atoms with Gasteiger partial charge in [-0.1, -0.05) is 64.0 Å². The highest BCUT2D eigenvalue weighted by Crippen LogP contribution is 2.16. The molecule has 0 aliphatic carbocycles. The summed E-state index contributed by atoms with van der Waals surface area (Å²) in [5.74, 6) is 0. The van der Waals surface area contributed by atoms with Crippen LogP contribution in [-0.4, -0.2) is 30.0 Å². The summed E-state index contributed by atoms with van der Waals surface area (Å²) in [5, 5.41) is 0. The lowest BCUT2D eigenvalue weighted by molar-refractivity contribution is 0.182. The van der Waals surface area contributed by atoms with Crippen LogP contribution >= 0.6 is 0 Å². The highest BCUT2D eigenvalue weighted by atomic mass is 15.3. The monoisotopic (exact) mass is 335 g/mol. The van der Waals surface area contributed by atoms with Crippen molar-refractivity contribution in [2.24, 2.45) is 10.7 Å². The van der Waals surface area contributed by atoms with Gasteiger partial charge in [0.05, 0.1) is 6.17 Å². The largest absolute Gasteiger partial charge is 0.316 e. The third-order valence-electron chi connectivity index (χ3n) is 4.95. The van der Waals surface area contributed by atoms with E-state index in [9.17, 15) is 0 Å². The standard InChI is InChI=1S/C21H41N3/c1-3-4-5-6-7-8-9-10-11-12-13-14-15-16-17-21-23-18-19-24(21)20(2)22/h12-13,18,20-21H,3-11,14-17,19,22H2,1-2H3/b13-12+. The molecule has 24 heavy (non-hydrogen) atoms. The number of aliphatic imine (C=N–C) groups is 1. The summed E-state index contributed by atoms with van der Waals surface area (Å²) in [6.45, 7) is 5.25. The minimum atomic E-state index is 0.115. The first kappa shape index (κ1) is 21.4. The minimum Gasteiger partial charge on any atom is -0.316 e. The fourth-order valence-electron chi connectivity index (χ4n) is 3.37. The first-order valence-electron chi connectivity index (χ1n) is 10.4. The molecule has 3 heteroatoms. The van der Waals surface area contributed by atoms with Crippen LogP contribution in [0.15, 0.2) is 17.1 Å². The van der Waals surface area contributed by atoms with Gasteiger partial charge in [-0.15, -0.1) is 0 Å². The van der Waals surface area contributed by atoms with E-state index in [-0.39, 0.29) is 6.17 Å². The van der Waals surface area contributed by atoms with Crippen LogP contribution in [0.4, 0.5) is 0 Å². The third-order valence-corrected chi connectivity index (χ3v) is 4.95. The fraction of sp³-hybridized carbons (Fsp3) is 0.857. The van der Waals surface area contributed by atoms with E-state index >= 15 is 0 Å². The smallest absolute Gasteiger partial charge is 0.103 e. The molecular weight excluding hydrogens is 294 g/mol. The van der Waals surface area contributed by atoms with Gasteiger partial charge in [0.25, 0.3) is 0 Å². The lowest BCUT2D eigenvalue weighted by Crippen LogP contribution is -2.43. The van der Waals surface area contributed by atoms with Gasteiger partial charge in [0.2, 0.25) is 0 Å². The van der Waals surface area contributed by atoms with E-state index in [1.165, 1.54) is 77.0 Å². The molecule has 140 valence electrons. The van der Waals surface area contributed by atoms with Crippen molar-refractivity contribution in [3.63, 3.8) is 0 Å². The summed E-state index contributed by atoms with van der Waals surface area (Å²) in [7, 11) is 0. The summed E-state index contributed by atoms with van der Waals surface area (Å²) in [5.41, 5.74) is 5.97. The summed E-state index contributed by atoms with van der Waals surface area (Å²) in [4.78, 5) is 6.82. The third kappa shape index (κ3) is 10.2. The van der Waals surface area contributed by atoms with Crippen molar-refractivity contribution in [3.8, 4) is 0 Å². The quantitative estimate of drug-likeness (QED) is 0.310. The summed E-state index contributed by atoms with van der Waals surface area (Å²) in [6.07, 6.45) is 24.6. The fourth-order valence-corrected chi connectivity index (χ4v) is 3.37. The van der Waals surface area contributed by atoms with Gasteiger partial charge in [-0.2, -0.15) is 0 Å². The number of allylic oxidation sites excluding steroid dienone is 2. The van der Waals surface area contributed by atoms with Crippen molar-refractivity contribution < 1.29 is 0 Å². The van der Waals surface area contributed by atoms with E-state index in [1.807, 2.05) is 6.21 Å². The molecule has 0 bridgehead atoms. The molecule has 0 radical (unpaired) electrons. The lowest BCUT2D eigenvalue weighted by Gasteiger charge is -2.26. The van der Waals surface area contributed by atoms with E-state index in [0.29, 0.717) is 6.17 Å². The second-order valence-electron chi connectivity index (χ2n) is 7.27. The Kier molecular flexibility index (Phi) is 13.1. The summed E-state index contributed by atoms with van der Waals surface area (Å²) < 4.78 is 0. The molecule has 2 atom stereocenters. The van der Waals surface area contributed by atoms with E-state index in [4.69, 9.17) is 5.73 Å². The first-order valence-corrected chi connectivity index (χ1v) is 10.4. The highest BCUT2D eigenvalue weighted by molar-refractivity contribution is 5.62. The molecule has 0 spiro atoms. The molecule has 0 amide bonds. The number of nitrogens with two attached hydrogens (primary N) is 1. The maximum atomic E-state index is 5.97. The summed E-state index contributed by atoms with van der Waals surface area (Å²) in [6, 6.07) is 0. The van der Waals surface area contributed by atoms with Crippen LogP contribution in [0.5, 0.6) is 0 Å². The van der Waals surface area contributed by atoms with Gasteiger partial charge in [0.1, 0.15) is 6.17 Å². The van der Waals surface area contributed by atoms with Crippen LogP contribution in [0.1, 0.15) is 97.3 Å². The zero-order valence-electron chi connectivity index (χ0n) is 16.3. The predicted molar refractivity (Wildman–Crippen MR) is 107 cm³/mol. The molecule has 1 rings (SSSR count). The molecule has 3 nitrogen and oxygen atoms in total. The van der Waals surface area contributed by atoms with E-state index in [1.54, 1.807) is 0 Å². The Morgan fingerprint density at radius 1 is 1.00 bits per heavy atom. The second-order valence-corrected chi connectivity index (χ2v) is 7.27. The molecular formula is C21H41N3.